The number of allylic oxidation sites excluding steroid dienone is 1. The molecule has 0 aliphatic carbocycles. The highest BCUT2D eigenvalue weighted by Crippen LogP contribution is 2.16. The van der Waals surface area contributed by atoms with E-state index in [9.17, 15) is 4.79 Å². The average Bonchev–Trinajstić information content (AvgIpc) is 2.05. The molecule has 0 fully saturated rings. The molecule has 0 aromatic carbocycles. The van der Waals surface area contributed by atoms with E-state index in [1.807, 2.05) is 13.0 Å². The lowest BCUT2D eigenvalue weighted by Crippen LogP contribution is -2.11. The normalized spacial score (nSPS) is 12.2. The summed E-state index contributed by atoms with van der Waals surface area (Å²) in [6.07, 6.45) is 5.50. The van der Waals surface area contributed by atoms with E-state index < -0.39 is 0 Å². The fourth-order valence-electron chi connectivity index (χ4n) is 1.40. The first-order chi connectivity index (χ1) is 6.24. The Hall–Kier alpha value is -0.790. The first-order valence-corrected chi connectivity index (χ1v) is 5.01. The van der Waals surface area contributed by atoms with Gasteiger partial charge in [-0.25, -0.2) is 0 Å². The fraction of sp³-hybridized carbons (Fsp3) is 0.727. The third kappa shape index (κ3) is 6.38. The number of ether oxygens (including phenoxy) is 1. The molecule has 0 radical (unpaired) electrons. The zero-order valence-corrected chi connectivity index (χ0v) is 8.71. The summed E-state index contributed by atoms with van der Waals surface area (Å²) in [5.41, 5.74) is 0. The van der Waals surface area contributed by atoms with Crippen LogP contribution in [0.15, 0.2) is 12.7 Å². The largest absolute Gasteiger partial charge is 0.466 e. The third-order valence-electron chi connectivity index (χ3n) is 1.96. The maximum atomic E-state index is 11.1. The number of esters is 1. The Morgan fingerprint density at radius 3 is 2.69 bits per heavy atom. The van der Waals surface area contributed by atoms with Gasteiger partial charge < -0.3 is 4.74 Å². The van der Waals surface area contributed by atoms with E-state index >= 15 is 0 Å². The van der Waals surface area contributed by atoms with Gasteiger partial charge in [-0.3, -0.25) is 4.79 Å². The van der Waals surface area contributed by atoms with Crippen molar-refractivity contribution in [2.24, 2.45) is 5.92 Å². The zero-order valence-electron chi connectivity index (χ0n) is 8.71. The summed E-state index contributed by atoms with van der Waals surface area (Å²) in [4.78, 5) is 11.1. The van der Waals surface area contributed by atoms with Crippen molar-refractivity contribution >= 4 is 5.97 Å². The molecular weight excluding hydrogens is 164 g/mol. The first-order valence-electron chi connectivity index (χ1n) is 5.01. The summed E-state index contributed by atoms with van der Waals surface area (Å²) in [6, 6.07) is 0. The molecular formula is C11H20O2. The van der Waals surface area contributed by atoms with Gasteiger partial charge in [-0.1, -0.05) is 19.4 Å². The van der Waals surface area contributed by atoms with Crippen LogP contribution >= 0.6 is 0 Å². The van der Waals surface area contributed by atoms with Gasteiger partial charge in [0.1, 0.15) is 0 Å². The minimum Gasteiger partial charge on any atom is -0.466 e. The quantitative estimate of drug-likeness (QED) is 0.449. The molecule has 0 aromatic heterocycles. The predicted molar refractivity (Wildman–Crippen MR) is 54.5 cm³/mol. The minimum absolute atomic E-state index is 0.0807. The smallest absolute Gasteiger partial charge is 0.306 e. The molecule has 0 saturated heterocycles. The van der Waals surface area contributed by atoms with E-state index in [4.69, 9.17) is 4.74 Å². The molecule has 13 heavy (non-hydrogen) atoms. The topological polar surface area (TPSA) is 26.3 Å². The van der Waals surface area contributed by atoms with E-state index in [0.29, 0.717) is 18.9 Å². The Labute approximate surface area is 81.0 Å². The van der Waals surface area contributed by atoms with Crippen LogP contribution in [0.25, 0.3) is 0 Å². The van der Waals surface area contributed by atoms with Crippen LogP contribution in [0.1, 0.15) is 39.5 Å². The SMILES string of the molecule is C=CCC(CCC)CC(=O)OCC. The molecule has 0 spiro atoms. The molecule has 0 heterocycles. The summed E-state index contributed by atoms with van der Waals surface area (Å²) in [5.74, 6) is 0.337. The summed E-state index contributed by atoms with van der Waals surface area (Å²) in [5, 5.41) is 0. The Balaban J connectivity index is 3.78. The van der Waals surface area contributed by atoms with Gasteiger partial charge in [0, 0.05) is 6.42 Å². The van der Waals surface area contributed by atoms with Crippen LogP contribution in [0.3, 0.4) is 0 Å². The minimum atomic E-state index is -0.0807. The number of hydrogen-bond acceptors (Lipinski definition) is 2. The van der Waals surface area contributed by atoms with E-state index in [0.717, 1.165) is 19.3 Å². The van der Waals surface area contributed by atoms with E-state index in [1.165, 1.54) is 0 Å². The van der Waals surface area contributed by atoms with Gasteiger partial charge in [0.2, 0.25) is 0 Å². The van der Waals surface area contributed by atoms with Crippen molar-refractivity contribution in [2.75, 3.05) is 6.61 Å². The molecule has 0 amide bonds. The van der Waals surface area contributed by atoms with Gasteiger partial charge in [-0.05, 0) is 25.7 Å². The fourth-order valence-corrected chi connectivity index (χ4v) is 1.40. The molecule has 0 saturated carbocycles. The van der Waals surface area contributed by atoms with Crippen LogP contribution < -0.4 is 0 Å². The van der Waals surface area contributed by atoms with Gasteiger partial charge >= 0.3 is 5.97 Å². The molecule has 0 bridgehead atoms. The highest BCUT2D eigenvalue weighted by molar-refractivity contribution is 5.69. The van der Waals surface area contributed by atoms with E-state index in [2.05, 4.69) is 13.5 Å². The van der Waals surface area contributed by atoms with Crippen molar-refractivity contribution in [3.05, 3.63) is 12.7 Å². The lowest BCUT2D eigenvalue weighted by atomic mass is 9.96. The molecule has 0 rings (SSSR count). The van der Waals surface area contributed by atoms with Gasteiger partial charge in [0.25, 0.3) is 0 Å². The monoisotopic (exact) mass is 184 g/mol. The lowest BCUT2D eigenvalue weighted by Gasteiger charge is -2.12. The van der Waals surface area contributed by atoms with Crippen molar-refractivity contribution < 1.29 is 9.53 Å². The second-order valence-corrected chi connectivity index (χ2v) is 3.19. The molecule has 76 valence electrons. The second kappa shape index (κ2) is 7.84. The summed E-state index contributed by atoms with van der Waals surface area (Å²) in [6.45, 7) is 8.12. The van der Waals surface area contributed by atoms with Gasteiger partial charge in [0.15, 0.2) is 0 Å². The van der Waals surface area contributed by atoms with Gasteiger partial charge in [0.05, 0.1) is 6.61 Å². The number of rotatable bonds is 7. The van der Waals surface area contributed by atoms with Crippen LogP contribution in [0.4, 0.5) is 0 Å². The maximum absolute atomic E-state index is 11.1. The summed E-state index contributed by atoms with van der Waals surface area (Å²) in [7, 11) is 0. The van der Waals surface area contributed by atoms with Crippen LogP contribution in [-0.4, -0.2) is 12.6 Å². The van der Waals surface area contributed by atoms with E-state index in [-0.39, 0.29) is 5.97 Å². The molecule has 0 N–H and O–H groups in total. The number of carbonyl (C=O) groups excluding carboxylic acids is 1. The highest BCUT2D eigenvalue weighted by Gasteiger charge is 2.11. The lowest BCUT2D eigenvalue weighted by molar-refractivity contribution is -0.144. The zero-order chi connectivity index (χ0) is 10.1. The summed E-state index contributed by atoms with van der Waals surface area (Å²) < 4.78 is 4.89. The Morgan fingerprint density at radius 2 is 2.23 bits per heavy atom. The molecule has 1 unspecified atom stereocenters. The highest BCUT2D eigenvalue weighted by atomic mass is 16.5. The van der Waals surface area contributed by atoms with Crippen molar-refractivity contribution in [1.29, 1.82) is 0 Å². The number of carbonyl (C=O) groups is 1. The van der Waals surface area contributed by atoms with Crippen molar-refractivity contribution in [3.63, 3.8) is 0 Å². The molecule has 0 aliphatic rings. The Kier molecular flexibility index (Phi) is 7.36. The van der Waals surface area contributed by atoms with E-state index in [1.54, 1.807) is 0 Å². The molecule has 1 atom stereocenters. The predicted octanol–water partition coefficient (Wildman–Crippen LogP) is 2.93. The number of hydrogen-bond donors (Lipinski definition) is 0. The Bertz CT molecular complexity index is 152. The van der Waals surface area contributed by atoms with Crippen molar-refractivity contribution in [2.45, 2.75) is 39.5 Å². The van der Waals surface area contributed by atoms with Crippen LogP contribution in [0.5, 0.6) is 0 Å². The average molecular weight is 184 g/mol. The maximum Gasteiger partial charge on any atom is 0.306 e. The van der Waals surface area contributed by atoms with Crippen LogP contribution in [0.2, 0.25) is 0 Å². The molecule has 2 heteroatoms. The first kappa shape index (κ1) is 12.2. The van der Waals surface area contributed by atoms with Crippen LogP contribution in [-0.2, 0) is 9.53 Å². The van der Waals surface area contributed by atoms with Gasteiger partial charge in [-0.15, -0.1) is 6.58 Å². The molecule has 0 aromatic rings. The Morgan fingerprint density at radius 1 is 1.54 bits per heavy atom. The van der Waals surface area contributed by atoms with Crippen molar-refractivity contribution in [1.82, 2.24) is 0 Å². The van der Waals surface area contributed by atoms with Crippen molar-refractivity contribution in [3.8, 4) is 0 Å². The standard InChI is InChI=1S/C11H20O2/c1-4-7-10(8-5-2)9-11(12)13-6-3/h4,10H,1,5-9H2,2-3H3. The summed E-state index contributed by atoms with van der Waals surface area (Å²) >= 11 is 0. The second-order valence-electron chi connectivity index (χ2n) is 3.19. The van der Waals surface area contributed by atoms with Crippen LogP contribution in [0, 0.1) is 5.92 Å². The molecule has 0 aliphatic heterocycles. The molecule has 2 nitrogen and oxygen atoms in total. The third-order valence-corrected chi connectivity index (χ3v) is 1.96. The van der Waals surface area contributed by atoms with Gasteiger partial charge in [-0.2, -0.15) is 0 Å².